The molecule has 5 heteroatoms. The highest BCUT2D eigenvalue weighted by atomic mass is 28.4. The average molecular weight is 545 g/mol. The summed E-state index contributed by atoms with van der Waals surface area (Å²) in [6, 6.07) is 0. The highest BCUT2D eigenvalue weighted by molar-refractivity contribution is 6.62. The monoisotopic (exact) mass is 545 g/mol. The van der Waals surface area contributed by atoms with Gasteiger partial charge in [0.25, 0.3) is 0 Å². The number of unbranched alkanes of at least 4 members (excludes halogenated alkanes) is 15. The standard InChI is InChI=1S/C32H70NO3Si/c1-11-13-14-15-16-17-18-19-20-21-22-23-24-25-26-27-28-33(9,10)32(12-2)37(34-29(3)4,35-30(5)6)36-31(7)8/h29-32H,11-28H2,1-10H3/q+1. The summed E-state index contributed by atoms with van der Waals surface area (Å²) in [6.45, 7) is 18.4. The van der Waals surface area contributed by atoms with E-state index >= 15 is 0 Å². The van der Waals surface area contributed by atoms with E-state index in [4.69, 9.17) is 13.3 Å². The van der Waals surface area contributed by atoms with Crippen LogP contribution in [0, 0.1) is 0 Å². The van der Waals surface area contributed by atoms with Crippen molar-refractivity contribution in [3.63, 3.8) is 0 Å². The Morgan fingerprint density at radius 3 is 1.05 bits per heavy atom. The molecule has 0 spiro atoms. The summed E-state index contributed by atoms with van der Waals surface area (Å²) in [5.41, 5.74) is 0.246. The van der Waals surface area contributed by atoms with Crippen LogP contribution >= 0.6 is 0 Å². The minimum atomic E-state index is -2.89. The summed E-state index contributed by atoms with van der Waals surface area (Å²) in [7, 11) is 1.83. The smallest absolute Gasteiger partial charge is 0.368 e. The van der Waals surface area contributed by atoms with Gasteiger partial charge in [-0.1, -0.05) is 104 Å². The molecule has 0 saturated heterocycles. The molecule has 0 radical (unpaired) electrons. The second-order valence-electron chi connectivity index (χ2n) is 12.8. The lowest BCUT2D eigenvalue weighted by molar-refractivity contribution is -0.906. The third kappa shape index (κ3) is 18.1. The number of hydrogen-bond donors (Lipinski definition) is 0. The molecule has 0 heterocycles. The molecule has 0 aliphatic heterocycles. The van der Waals surface area contributed by atoms with Crippen LogP contribution in [0.2, 0.25) is 0 Å². The molecule has 0 aliphatic carbocycles. The zero-order valence-electron chi connectivity index (χ0n) is 27.2. The second-order valence-corrected chi connectivity index (χ2v) is 15.4. The van der Waals surface area contributed by atoms with Gasteiger partial charge >= 0.3 is 8.80 Å². The Kier molecular flexibility index (Phi) is 21.9. The van der Waals surface area contributed by atoms with Crippen LogP contribution in [0.3, 0.4) is 0 Å². The minimum Gasteiger partial charge on any atom is -0.368 e. The largest absolute Gasteiger partial charge is 0.563 e. The van der Waals surface area contributed by atoms with E-state index in [0.717, 1.165) is 17.4 Å². The predicted octanol–water partition coefficient (Wildman–Crippen LogP) is 9.86. The third-order valence-corrected chi connectivity index (χ3v) is 11.7. The number of quaternary nitrogens is 1. The van der Waals surface area contributed by atoms with Crippen LogP contribution in [0.5, 0.6) is 0 Å². The molecule has 0 aromatic carbocycles. The molecular weight excluding hydrogens is 474 g/mol. The molecule has 1 atom stereocenters. The lowest BCUT2D eigenvalue weighted by Gasteiger charge is -2.46. The zero-order valence-corrected chi connectivity index (χ0v) is 28.2. The first-order valence-electron chi connectivity index (χ1n) is 16.4. The van der Waals surface area contributed by atoms with E-state index in [2.05, 4.69) is 69.5 Å². The highest BCUT2D eigenvalue weighted by Crippen LogP contribution is 2.30. The maximum atomic E-state index is 6.61. The van der Waals surface area contributed by atoms with Crippen molar-refractivity contribution in [3.05, 3.63) is 0 Å². The van der Waals surface area contributed by atoms with E-state index in [-0.39, 0.29) is 24.0 Å². The molecule has 0 aromatic heterocycles. The van der Waals surface area contributed by atoms with E-state index in [1.807, 2.05) is 0 Å². The Balaban J connectivity index is 4.36. The molecule has 4 nitrogen and oxygen atoms in total. The minimum absolute atomic E-state index is 0.0915. The number of hydrogen-bond acceptors (Lipinski definition) is 3. The summed E-state index contributed by atoms with van der Waals surface area (Å²) < 4.78 is 20.7. The fraction of sp³-hybridized carbons (Fsp3) is 1.00. The molecule has 0 amide bonds. The molecule has 224 valence electrons. The van der Waals surface area contributed by atoms with Gasteiger partial charge in [-0.15, -0.1) is 0 Å². The Morgan fingerprint density at radius 2 is 0.784 bits per heavy atom. The van der Waals surface area contributed by atoms with E-state index in [1.54, 1.807) is 0 Å². The molecule has 37 heavy (non-hydrogen) atoms. The van der Waals surface area contributed by atoms with Crippen LogP contribution in [0.4, 0.5) is 0 Å². The Morgan fingerprint density at radius 1 is 0.486 bits per heavy atom. The van der Waals surface area contributed by atoms with Gasteiger partial charge in [-0.3, -0.25) is 0 Å². The van der Waals surface area contributed by atoms with Crippen molar-refractivity contribution in [3.8, 4) is 0 Å². The molecule has 0 N–H and O–H groups in total. The third-order valence-electron chi connectivity index (χ3n) is 7.43. The van der Waals surface area contributed by atoms with Crippen LogP contribution < -0.4 is 0 Å². The van der Waals surface area contributed by atoms with Gasteiger partial charge in [0, 0.05) is 24.7 Å². The second kappa shape index (κ2) is 21.8. The lowest BCUT2D eigenvalue weighted by atomic mass is 10.0. The average Bonchev–Trinajstić information content (AvgIpc) is 2.77. The van der Waals surface area contributed by atoms with Crippen molar-refractivity contribution in [1.82, 2.24) is 0 Å². The van der Waals surface area contributed by atoms with Crippen LogP contribution in [-0.2, 0) is 13.3 Å². The summed E-state index contributed by atoms with van der Waals surface area (Å²) in [6.07, 6.45) is 23.8. The quantitative estimate of drug-likeness (QED) is 0.0616. The van der Waals surface area contributed by atoms with Crippen LogP contribution in [0.25, 0.3) is 0 Å². The first-order valence-corrected chi connectivity index (χ1v) is 18.2. The van der Waals surface area contributed by atoms with Gasteiger partial charge in [-0.25, -0.2) is 0 Å². The van der Waals surface area contributed by atoms with Crippen molar-refractivity contribution < 1.29 is 17.8 Å². The van der Waals surface area contributed by atoms with E-state index in [1.165, 1.54) is 103 Å². The lowest BCUT2D eigenvalue weighted by Crippen LogP contribution is -2.69. The van der Waals surface area contributed by atoms with Crippen molar-refractivity contribution >= 4 is 8.80 Å². The van der Waals surface area contributed by atoms with Crippen molar-refractivity contribution in [2.24, 2.45) is 0 Å². The molecule has 0 bridgehead atoms. The van der Waals surface area contributed by atoms with Crippen molar-refractivity contribution in [2.75, 3.05) is 20.6 Å². The molecule has 1 unspecified atom stereocenters. The Labute approximate surface area is 235 Å². The molecule has 0 aromatic rings. The maximum absolute atomic E-state index is 6.61. The summed E-state index contributed by atoms with van der Waals surface area (Å²) in [5.74, 6) is 0. The SMILES string of the molecule is CCCCCCCCCCCCCCCCCC[N+](C)(C)C(CC)[Si](OC(C)C)(OC(C)C)OC(C)C. The fourth-order valence-corrected chi connectivity index (χ4v) is 9.79. The van der Waals surface area contributed by atoms with Crippen molar-refractivity contribution in [1.29, 1.82) is 0 Å². The molecule has 0 rings (SSSR count). The van der Waals surface area contributed by atoms with Gasteiger partial charge in [0.1, 0.15) is 0 Å². The Hall–Kier alpha value is 0.0569. The van der Waals surface area contributed by atoms with Gasteiger partial charge in [0.05, 0.1) is 20.6 Å². The molecule has 0 aliphatic rings. The van der Waals surface area contributed by atoms with Gasteiger partial charge in [-0.2, -0.15) is 0 Å². The normalized spacial score (nSPS) is 13.9. The molecule has 0 fully saturated rings. The number of rotatable bonds is 26. The van der Waals surface area contributed by atoms with Crippen LogP contribution in [-0.4, -0.2) is 57.9 Å². The maximum Gasteiger partial charge on any atom is 0.563 e. The first kappa shape index (κ1) is 37.1. The van der Waals surface area contributed by atoms with E-state index in [9.17, 15) is 0 Å². The first-order chi connectivity index (χ1) is 17.5. The summed E-state index contributed by atoms with van der Waals surface area (Å²) >= 11 is 0. The Bertz CT molecular complexity index is 484. The topological polar surface area (TPSA) is 27.7 Å². The van der Waals surface area contributed by atoms with Crippen LogP contribution in [0.15, 0.2) is 0 Å². The van der Waals surface area contributed by atoms with Gasteiger partial charge in [-0.05, 0) is 54.4 Å². The summed E-state index contributed by atoms with van der Waals surface area (Å²) in [5, 5.41) is 0. The van der Waals surface area contributed by atoms with E-state index in [0.29, 0.717) is 0 Å². The van der Waals surface area contributed by atoms with Gasteiger partial charge in [0.15, 0.2) is 5.67 Å². The molecular formula is C32H70NO3Si+. The van der Waals surface area contributed by atoms with E-state index < -0.39 is 8.80 Å². The predicted molar refractivity (Wildman–Crippen MR) is 165 cm³/mol. The highest BCUT2D eigenvalue weighted by Gasteiger charge is 2.58. The zero-order chi connectivity index (χ0) is 28.2. The van der Waals surface area contributed by atoms with Crippen molar-refractivity contribution in [2.45, 2.75) is 189 Å². The van der Waals surface area contributed by atoms with Crippen LogP contribution in [0.1, 0.15) is 165 Å². The fourth-order valence-electron chi connectivity index (χ4n) is 5.70. The van der Waals surface area contributed by atoms with Gasteiger partial charge in [0.2, 0.25) is 0 Å². The molecule has 0 saturated carbocycles. The summed E-state index contributed by atoms with van der Waals surface area (Å²) in [4.78, 5) is 0. The van der Waals surface area contributed by atoms with Gasteiger partial charge < -0.3 is 17.8 Å². The number of nitrogens with zero attached hydrogens (tertiary/aromatic N) is 1.